The summed E-state index contributed by atoms with van der Waals surface area (Å²) in [6, 6.07) is 4.28. The van der Waals surface area contributed by atoms with E-state index in [1.54, 1.807) is 0 Å². The van der Waals surface area contributed by atoms with Crippen molar-refractivity contribution in [3.05, 3.63) is 22.9 Å². The Morgan fingerprint density at radius 2 is 2.05 bits per heavy atom. The quantitative estimate of drug-likeness (QED) is 0.844. The molecule has 21 heavy (non-hydrogen) atoms. The Balaban J connectivity index is 1.57. The maximum atomic E-state index is 9.29. The zero-order valence-corrected chi connectivity index (χ0v) is 12.5. The van der Waals surface area contributed by atoms with Crippen molar-refractivity contribution in [1.82, 2.24) is 4.98 Å². The molecule has 1 heterocycles. The van der Waals surface area contributed by atoms with E-state index in [0.29, 0.717) is 18.3 Å². The molecule has 0 saturated heterocycles. The van der Waals surface area contributed by atoms with E-state index in [2.05, 4.69) is 16.4 Å². The molecule has 0 spiro atoms. The van der Waals surface area contributed by atoms with Gasteiger partial charge in [-0.3, -0.25) is 0 Å². The van der Waals surface area contributed by atoms with Crippen LogP contribution in [0, 0.1) is 11.3 Å². The Labute approximate surface area is 126 Å². The summed E-state index contributed by atoms with van der Waals surface area (Å²) in [4.78, 5) is 4.66. The van der Waals surface area contributed by atoms with Gasteiger partial charge in [-0.05, 0) is 50.2 Å². The molecule has 0 unspecified atom stereocenters. The highest BCUT2D eigenvalue weighted by molar-refractivity contribution is 5.54. The van der Waals surface area contributed by atoms with E-state index in [4.69, 9.17) is 4.74 Å². The first-order valence-electron chi connectivity index (χ1n) is 8.15. The molecule has 2 aliphatic carbocycles. The number of anilines is 1. The van der Waals surface area contributed by atoms with Gasteiger partial charge in [-0.15, -0.1) is 0 Å². The molecule has 0 radical (unpaired) electrons. The molecule has 1 saturated carbocycles. The van der Waals surface area contributed by atoms with Crippen molar-refractivity contribution in [3.8, 4) is 6.07 Å². The van der Waals surface area contributed by atoms with E-state index < -0.39 is 0 Å². The fourth-order valence-corrected chi connectivity index (χ4v) is 3.30. The van der Waals surface area contributed by atoms with Crippen molar-refractivity contribution in [1.29, 1.82) is 5.26 Å². The second kappa shape index (κ2) is 6.91. The Kier molecular flexibility index (Phi) is 4.72. The minimum atomic E-state index is 0.443. The highest BCUT2D eigenvalue weighted by Gasteiger charge is 2.16. The fraction of sp³-hybridized carbons (Fsp3) is 0.647. The van der Waals surface area contributed by atoms with Crippen molar-refractivity contribution in [2.75, 3.05) is 18.5 Å². The molecule has 0 bridgehead atoms. The zero-order chi connectivity index (χ0) is 14.5. The highest BCUT2D eigenvalue weighted by Crippen LogP contribution is 2.24. The first kappa shape index (κ1) is 14.3. The van der Waals surface area contributed by atoms with Crippen LogP contribution >= 0.6 is 0 Å². The van der Waals surface area contributed by atoms with Gasteiger partial charge in [0.15, 0.2) is 0 Å². The minimum absolute atomic E-state index is 0.443. The summed E-state index contributed by atoms with van der Waals surface area (Å²) in [6.07, 6.45) is 9.93. The summed E-state index contributed by atoms with van der Waals surface area (Å²) in [6.45, 7) is 1.41. The third-order valence-electron chi connectivity index (χ3n) is 4.47. The monoisotopic (exact) mass is 285 g/mol. The molecule has 1 N–H and O–H groups in total. The first-order chi connectivity index (χ1) is 10.4. The SMILES string of the molecule is N#Cc1cc2c(nc1NCCOC1CCCC1)CCCC2. The molecule has 0 atom stereocenters. The number of nitrogens with zero attached hydrogens (tertiary/aromatic N) is 2. The number of aromatic nitrogens is 1. The molecule has 0 aromatic carbocycles. The number of hydrogen-bond acceptors (Lipinski definition) is 4. The third-order valence-corrected chi connectivity index (χ3v) is 4.47. The zero-order valence-electron chi connectivity index (χ0n) is 12.5. The Bertz CT molecular complexity index is 530. The minimum Gasteiger partial charge on any atom is -0.376 e. The van der Waals surface area contributed by atoms with Crippen LogP contribution in [0.15, 0.2) is 6.07 Å². The van der Waals surface area contributed by atoms with Crippen molar-refractivity contribution in [2.45, 2.75) is 57.5 Å². The lowest BCUT2D eigenvalue weighted by Gasteiger charge is -2.17. The van der Waals surface area contributed by atoms with E-state index >= 15 is 0 Å². The summed E-state index contributed by atoms with van der Waals surface area (Å²) in [5, 5.41) is 12.6. The highest BCUT2D eigenvalue weighted by atomic mass is 16.5. The lowest BCUT2D eigenvalue weighted by molar-refractivity contribution is 0.0658. The largest absolute Gasteiger partial charge is 0.376 e. The van der Waals surface area contributed by atoms with Gasteiger partial charge in [0.05, 0.1) is 18.3 Å². The molecule has 3 rings (SSSR count). The van der Waals surface area contributed by atoms with Crippen molar-refractivity contribution >= 4 is 5.82 Å². The van der Waals surface area contributed by atoms with Crippen LogP contribution in [0.5, 0.6) is 0 Å². The summed E-state index contributed by atoms with van der Waals surface area (Å²) < 4.78 is 5.84. The second-order valence-corrected chi connectivity index (χ2v) is 6.01. The smallest absolute Gasteiger partial charge is 0.144 e. The van der Waals surface area contributed by atoms with E-state index in [9.17, 15) is 5.26 Å². The average Bonchev–Trinajstić information content (AvgIpc) is 3.04. The lowest BCUT2D eigenvalue weighted by atomic mass is 9.95. The molecule has 1 aromatic rings. The number of nitriles is 1. The summed E-state index contributed by atoms with van der Waals surface area (Å²) >= 11 is 0. The van der Waals surface area contributed by atoms with Crippen LogP contribution in [0.2, 0.25) is 0 Å². The predicted molar refractivity (Wildman–Crippen MR) is 82.3 cm³/mol. The molecule has 1 fully saturated rings. The molecule has 1 aromatic heterocycles. The van der Waals surface area contributed by atoms with Crippen LogP contribution in [0.3, 0.4) is 0 Å². The van der Waals surface area contributed by atoms with Gasteiger partial charge in [0.2, 0.25) is 0 Å². The summed E-state index contributed by atoms with van der Waals surface area (Å²) in [5.41, 5.74) is 3.08. The number of nitrogens with one attached hydrogen (secondary N) is 1. The first-order valence-corrected chi connectivity index (χ1v) is 8.15. The molecule has 0 amide bonds. The van der Waals surface area contributed by atoms with Gasteiger partial charge in [-0.25, -0.2) is 4.98 Å². The van der Waals surface area contributed by atoms with Gasteiger partial charge in [-0.1, -0.05) is 12.8 Å². The van der Waals surface area contributed by atoms with Gasteiger partial charge < -0.3 is 10.1 Å². The normalized spacial score (nSPS) is 18.2. The topological polar surface area (TPSA) is 57.9 Å². The van der Waals surface area contributed by atoms with Crippen molar-refractivity contribution in [3.63, 3.8) is 0 Å². The number of hydrogen-bond donors (Lipinski definition) is 1. The van der Waals surface area contributed by atoms with Gasteiger partial charge in [0.25, 0.3) is 0 Å². The number of fused-ring (bicyclic) bond motifs is 1. The van der Waals surface area contributed by atoms with Crippen LogP contribution in [-0.4, -0.2) is 24.2 Å². The maximum Gasteiger partial charge on any atom is 0.144 e. The van der Waals surface area contributed by atoms with E-state index in [-0.39, 0.29) is 0 Å². The van der Waals surface area contributed by atoms with Crippen LogP contribution in [0.4, 0.5) is 5.82 Å². The molecule has 112 valence electrons. The standard InChI is InChI=1S/C17H23N3O/c18-12-14-11-13-5-1-4-8-16(13)20-17(14)19-9-10-21-15-6-2-3-7-15/h11,15H,1-10H2,(H,19,20). The van der Waals surface area contributed by atoms with Gasteiger partial charge in [0.1, 0.15) is 11.9 Å². The van der Waals surface area contributed by atoms with Crippen molar-refractivity contribution < 1.29 is 4.74 Å². The molecule has 4 heteroatoms. The van der Waals surface area contributed by atoms with Crippen LogP contribution < -0.4 is 5.32 Å². The number of ether oxygens (including phenoxy) is 1. The number of rotatable bonds is 5. The van der Waals surface area contributed by atoms with Gasteiger partial charge in [-0.2, -0.15) is 5.26 Å². The molecular formula is C17H23N3O. The lowest BCUT2D eigenvalue weighted by Crippen LogP contribution is -2.17. The Morgan fingerprint density at radius 3 is 2.86 bits per heavy atom. The van der Waals surface area contributed by atoms with Crippen LogP contribution in [0.25, 0.3) is 0 Å². The van der Waals surface area contributed by atoms with Crippen LogP contribution in [-0.2, 0) is 17.6 Å². The van der Waals surface area contributed by atoms with Crippen molar-refractivity contribution in [2.24, 2.45) is 0 Å². The molecule has 4 nitrogen and oxygen atoms in total. The average molecular weight is 285 g/mol. The third kappa shape index (κ3) is 3.54. The Morgan fingerprint density at radius 1 is 1.24 bits per heavy atom. The van der Waals surface area contributed by atoms with Gasteiger partial charge >= 0.3 is 0 Å². The second-order valence-electron chi connectivity index (χ2n) is 6.01. The van der Waals surface area contributed by atoms with E-state index in [1.807, 2.05) is 6.07 Å². The predicted octanol–water partition coefficient (Wildman–Crippen LogP) is 3.20. The van der Waals surface area contributed by atoms with E-state index in [1.165, 1.54) is 49.8 Å². The molecular weight excluding hydrogens is 262 g/mol. The summed E-state index contributed by atoms with van der Waals surface area (Å²) in [5.74, 6) is 0.730. The Hall–Kier alpha value is -1.60. The maximum absolute atomic E-state index is 9.29. The van der Waals surface area contributed by atoms with E-state index in [0.717, 1.165) is 25.2 Å². The number of pyridine rings is 1. The molecule has 0 aliphatic heterocycles. The van der Waals surface area contributed by atoms with Gasteiger partial charge in [0, 0.05) is 12.2 Å². The number of aryl methyl sites for hydroxylation is 2. The fourth-order valence-electron chi connectivity index (χ4n) is 3.30. The van der Waals surface area contributed by atoms with Crippen LogP contribution in [0.1, 0.15) is 55.3 Å². The molecule has 2 aliphatic rings. The summed E-state index contributed by atoms with van der Waals surface area (Å²) in [7, 11) is 0.